The average molecular weight is 440 g/mol. The maximum Gasteiger partial charge on any atom is 0.321 e. The van der Waals surface area contributed by atoms with Gasteiger partial charge in [0.25, 0.3) is 0 Å². The van der Waals surface area contributed by atoms with Crippen molar-refractivity contribution in [2.24, 2.45) is 11.8 Å². The van der Waals surface area contributed by atoms with Crippen LogP contribution in [-0.4, -0.2) is 41.2 Å². The third-order valence-corrected chi connectivity index (χ3v) is 6.76. The number of ether oxygens (including phenoxy) is 3. The summed E-state index contributed by atoms with van der Waals surface area (Å²) in [6.07, 6.45) is 7.61. The predicted octanol–water partition coefficient (Wildman–Crippen LogP) is 4.45. The van der Waals surface area contributed by atoms with E-state index < -0.39 is 0 Å². The summed E-state index contributed by atoms with van der Waals surface area (Å²) in [5.41, 5.74) is 0.699. The Labute approximate surface area is 189 Å². The van der Waals surface area contributed by atoms with Crippen LogP contribution >= 0.6 is 0 Å². The van der Waals surface area contributed by atoms with E-state index >= 15 is 0 Å². The second kappa shape index (κ2) is 9.96. The van der Waals surface area contributed by atoms with E-state index in [1.165, 1.54) is 6.42 Å². The van der Waals surface area contributed by atoms with E-state index in [0.717, 1.165) is 18.4 Å². The summed E-state index contributed by atoms with van der Waals surface area (Å²) in [6.45, 7) is 4.89. The summed E-state index contributed by atoms with van der Waals surface area (Å²) < 4.78 is 17.6. The number of nitrogens with one attached hydrogen (secondary N) is 1. The molecule has 1 N–H and O–H groups in total. The lowest BCUT2D eigenvalue weighted by molar-refractivity contribution is -0.154. The van der Waals surface area contributed by atoms with Crippen LogP contribution < -0.4 is 10.1 Å². The summed E-state index contributed by atoms with van der Waals surface area (Å²) in [5, 5.41) is 3.35. The van der Waals surface area contributed by atoms with Gasteiger partial charge in [-0.15, -0.1) is 0 Å². The molecule has 172 valence electrons. The molecule has 4 rings (SSSR count). The van der Waals surface area contributed by atoms with Gasteiger partial charge in [0.05, 0.1) is 18.8 Å². The van der Waals surface area contributed by atoms with Crippen molar-refractivity contribution in [3.63, 3.8) is 0 Å². The second-order valence-corrected chi connectivity index (χ2v) is 9.31. The molecule has 32 heavy (non-hydrogen) atoms. The van der Waals surface area contributed by atoms with Crippen LogP contribution in [0, 0.1) is 11.8 Å². The molecule has 2 heterocycles. The van der Waals surface area contributed by atoms with Crippen LogP contribution in [0.3, 0.4) is 0 Å². The van der Waals surface area contributed by atoms with Crippen LogP contribution in [-0.2, 0) is 14.3 Å². The normalized spacial score (nSPS) is 29.7. The zero-order chi connectivity index (χ0) is 22.6. The first kappa shape index (κ1) is 22.7. The smallest absolute Gasteiger partial charge is 0.321 e. The zero-order valence-electron chi connectivity index (χ0n) is 19.1. The van der Waals surface area contributed by atoms with Gasteiger partial charge >= 0.3 is 6.01 Å². The molecule has 1 aromatic heterocycles. The van der Waals surface area contributed by atoms with Gasteiger partial charge in [0.15, 0.2) is 0 Å². The Balaban J connectivity index is 1.56. The number of amides is 1. The van der Waals surface area contributed by atoms with Gasteiger partial charge in [-0.25, -0.2) is 9.97 Å². The van der Waals surface area contributed by atoms with Crippen LogP contribution in [0.2, 0.25) is 0 Å². The molecular formula is C25H33N3O4. The number of hydrogen-bond donors (Lipinski definition) is 1. The van der Waals surface area contributed by atoms with Crippen molar-refractivity contribution >= 4 is 5.91 Å². The maximum absolute atomic E-state index is 12.6. The molecule has 7 nitrogen and oxygen atoms in total. The number of hydrogen-bond acceptors (Lipinski definition) is 6. The van der Waals surface area contributed by atoms with Crippen LogP contribution in [0.15, 0.2) is 42.7 Å². The summed E-state index contributed by atoms with van der Waals surface area (Å²) in [4.78, 5) is 20.9. The van der Waals surface area contributed by atoms with Gasteiger partial charge in [-0.05, 0) is 49.4 Å². The highest BCUT2D eigenvalue weighted by molar-refractivity contribution is 5.77. The fraction of sp³-hybridized carbons (Fsp3) is 0.560. The van der Waals surface area contributed by atoms with Crippen molar-refractivity contribution in [1.29, 1.82) is 0 Å². The Bertz CT molecular complexity index is 909. The third-order valence-electron chi connectivity index (χ3n) is 6.76. The molecule has 0 unspecified atom stereocenters. The first-order valence-electron chi connectivity index (χ1n) is 11.5. The third kappa shape index (κ3) is 5.27. The largest absolute Gasteiger partial charge is 0.424 e. The van der Waals surface area contributed by atoms with Crippen molar-refractivity contribution in [2.75, 3.05) is 13.7 Å². The second-order valence-electron chi connectivity index (χ2n) is 9.31. The molecule has 2 aromatic rings. The number of rotatable bonds is 7. The Morgan fingerprint density at radius 2 is 2.06 bits per heavy atom. The fourth-order valence-electron chi connectivity index (χ4n) is 5.14. The van der Waals surface area contributed by atoms with Crippen LogP contribution in [0.1, 0.15) is 57.6 Å². The molecule has 1 saturated heterocycles. The Morgan fingerprint density at radius 1 is 1.25 bits per heavy atom. The highest BCUT2D eigenvalue weighted by Gasteiger charge is 2.49. The van der Waals surface area contributed by atoms with Crippen molar-refractivity contribution in [3.8, 4) is 11.8 Å². The van der Waals surface area contributed by atoms with Gasteiger partial charge < -0.3 is 19.5 Å². The van der Waals surface area contributed by atoms with Crippen molar-refractivity contribution in [2.45, 2.75) is 63.7 Å². The summed E-state index contributed by atoms with van der Waals surface area (Å²) in [7, 11) is 1.62. The Hall–Kier alpha value is -2.51. The molecule has 1 saturated carbocycles. The van der Waals surface area contributed by atoms with Crippen LogP contribution in [0.25, 0.3) is 0 Å². The molecule has 7 heteroatoms. The minimum Gasteiger partial charge on any atom is -0.424 e. The molecule has 1 aliphatic carbocycles. The van der Waals surface area contributed by atoms with E-state index in [-0.39, 0.29) is 23.7 Å². The highest BCUT2D eigenvalue weighted by atomic mass is 16.5. The van der Waals surface area contributed by atoms with E-state index in [1.54, 1.807) is 25.6 Å². The van der Waals surface area contributed by atoms with E-state index in [2.05, 4.69) is 35.2 Å². The van der Waals surface area contributed by atoms with E-state index in [1.807, 2.05) is 18.2 Å². The van der Waals surface area contributed by atoms with E-state index in [4.69, 9.17) is 14.2 Å². The highest BCUT2D eigenvalue weighted by Crippen LogP contribution is 2.48. The first-order valence-corrected chi connectivity index (χ1v) is 11.5. The summed E-state index contributed by atoms with van der Waals surface area (Å²) in [6, 6.07) is 9.96. The molecule has 2 fully saturated rings. The number of aromatic nitrogens is 2. The lowest BCUT2D eigenvalue weighted by Gasteiger charge is -2.52. The maximum atomic E-state index is 12.6. The lowest BCUT2D eigenvalue weighted by atomic mass is 9.66. The molecule has 0 radical (unpaired) electrons. The number of nitrogens with zero attached hydrogens (tertiary/aromatic N) is 2. The van der Waals surface area contributed by atoms with E-state index in [0.29, 0.717) is 43.0 Å². The summed E-state index contributed by atoms with van der Waals surface area (Å²) in [5.74, 6) is 1.62. The lowest BCUT2D eigenvalue weighted by Crippen LogP contribution is -2.60. The van der Waals surface area contributed by atoms with Crippen molar-refractivity contribution < 1.29 is 19.0 Å². The van der Waals surface area contributed by atoms with Crippen molar-refractivity contribution in [3.05, 3.63) is 48.3 Å². The standard InChI is InChI=1S/C25H33N3O4/c1-17-8-9-20-21(14-17)32-22(16-25(20,2)28-23(29)10-13-30-3)18-6-4-7-19(15-18)31-24-26-11-5-12-27-24/h4-7,11-12,15,17,20-22H,8-10,13-14,16H2,1-3H3,(H,28,29)/t17-,20-,21-,22-,25+/m1/s1. The van der Waals surface area contributed by atoms with Crippen LogP contribution in [0.4, 0.5) is 0 Å². The quantitative estimate of drug-likeness (QED) is 0.686. The van der Waals surface area contributed by atoms with Gasteiger partial charge in [-0.2, -0.15) is 0 Å². The number of methoxy groups -OCH3 is 1. The van der Waals surface area contributed by atoms with Gasteiger partial charge in [-0.3, -0.25) is 4.79 Å². The van der Waals surface area contributed by atoms with Gasteiger partial charge in [0.2, 0.25) is 5.91 Å². The molecule has 1 aromatic carbocycles. The summed E-state index contributed by atoms with van der Waals surface area (Å²) >= 11 is 0. The molecular weight excluding hydrogens is 406 g/mol. The molecule has 1 aliphatic heterocycles. The van der Waals surface area contributed by atoms with E-state index in [9.17, 15) is 4.79 Å². The molecule has 0 spiro atoms. The SMILES string of the molecule is COCCC(=O)N[C@@]1(C)C[C@H](c2cccc(Oc3ncccn3)c2)O[C@@H]2C[C@H](C)CC[C@H]21. The van der Waals surface area contributed by atoms with Crippen LogP contribution in [0.5, 0.6) is 11.8 Å². The molecule has 5 atom stereocenters. The topological polar surface area (TPSA) is 82.6 Å². The monoisotopic (exact) mass is 439 g/mol. The van der Waals surface area contributed by atoms with Gasteiger partial charge in [-0.1, -0.05) is 25.5 Å². The fourth-order valence-corrected chi connectivity index (χ4v) is 5.14. The molecule has 2 aliphatic rings. The minimum absolute atomic E-state index is 0.0330. The Morgan fingerprint density at radius 3 is 2.84 bits per heavy atom. The first-order chi connectivity index (χ1) is 15.5. The number of fused-ring (bicyclic) bond motifs is 1. The number of carbonyl (C=O) groups excluding carboxylic acids is 1. The van der Waals surface area contributed by atoms with Gasteiger partial charge in [0, 0.05) is 43.8 Å². The van der Waals surface area contributed by atoms with Crippen molar-refractivity contribution in [1.82, 2.24) is 15.3 Å². The minimum atomic E-state index is -0.335. The average Bonchev–Trinajstić information content (AvgIpc) is 2.78. The Kier molecular flexibility index (Phi) is 7.06. The van der Waals surface area contributed by atoms with Gasteiger partial charge in [0.1, 0.15) is 5.75 Å². The number of carbonyl (C=O) groups is 1. The predicted molar refractivity (Wildman–Crippen MR) is 120 cm³/mol. The molecule has 0 bridgehead atoms. The molecule has 1 amide bonds. The zero-order valence-corrected chi connectivity index (χ0v) is 19.1. The number of benzene rings is 1.